The number of hydrogen-bond acceptors (Lipinski definition) is 6. The highest BCUT2D eigenvalue weighted by Gasteiger charge is 2.50. The van der Waals surface area contributed by atoms with Gasteiger partial charge in [0.25, 0.3) is 0 Å². The Morgan fingerprint density at radius 2 is 1.75 bits per heavy atom. The highest BCUT2D eigenvalue weighted by Crippen LogP contribution is 2.28. The molecule has 11 nitrogen and oxygen atoms in total. The number of amides is 4. The van der Waals surface area contributed by atoms with Crippen LogP contribution in [0.4, 0.5) is 9.18 Å². The van der Waals surface area contributed by atoms with E-state index in [9.17, 15) is 28.7 Å². The third-order valence-electron chi connectivity index (χ3n) is 7.03. The van der Waals surface area contributed by atoms with Crippen molar-refractivity contribution in [1.82, 2.24) is 25.1 Å². The van der Waals surface area contributed by atoms with Crippen LogP contribution in [-0.4, -0.2) is 94.2 Å². The summed E-state index contributed by atoms with van der Waals surface area (Å²) in [6.45, 7) is 2.80. The normalized spacial score (nSPS) is 19.5. The first-order valence-electron chi connectivity index (χ1n) is 13.1. The summed E-state index contributed by atoms with van der Waals surface area (Å²) in [4.78, 5) is 54.1. The van der Waals surface area contributed by atoms with Crippen LogP contribution in [0.3, 0.4) is 0 Å². The first-order valence-corrected chi connectivity index (χ1v) is 13.1. The number of halogens is 1. The fourth-order valence-corrected chi connectivity index (χ4v) is 4.95. The van der Waals surface area contributed by atoms with E-state index in [-0.39, 0.29) is 63.3 Å². The van der Waals surface area contributed by atoms with E-state index in [2.05, 4.69) is 5.32 Å². The number of urea groups is 1. The average molecular weight is 556 g/mol. The summed E-state index contributed by atoms with van der Waals surface area (Å²) in [6, 6.07) is 12.1. The Kier molecular flexibility index (Phi) is 9.33. The molecular weight excluding hydrogens is 521 g/mol. The Morgan fingerprint density at radius 1 is 1.07 bits per heavy atom. The fourth-order valence-electron chi connectivity index (χ4n) is 4.95. The van der Waals surface area contributed by atoms with Gasteiger partial charge in [0.15, 0.2) is 0 Å². The number of nitrogens with one attached hydrogen (secondary N) is 1. The third kappa shape index (κ3) is 6.93. The molecule has 12 heteroatoms. The number of ether oxygens (including phenoxy) is 1. The van der Waals surface area contributed by atoms with Crippen LogP contribution in [-0.2, 0) is 32.3 Å². The highest BCUT2D eigenvalue weighted by atomic mass is 19.1. The molecule has 2 fully saturated rings. The summed E-state index contributed by atoms with van der Waals surface area (Å²) in [6.07, 6.45) is -1.23. The van der Waals surface area contributed by atoms with Crippen LogP contribution < -0.4 is 5.32 Å². The van der Waals surface area contributed by atoms with E-state index in [1.807, 2.05) is 31.2 Å². The zero-order valence-electron chi connectivity index (χ0n) is 22.6. The zero-order chi connectivity index (χ0) is 28.8. The van der Waals surface area contributed by atoms with Crippen molar-refractivity contribution in [1.29, 1.82) is 0 Å². The van der Waals surface area contributed by atoms with Crippen LogP contribution in [0.1, 0.15) is 29.5 Å². The maximum absolute atomic E-state index is 13.5. The van der Waals surface area contributed by atoms with Crippen molar-refractivity contribution in [3.05, 3.63) is 71.0 Å². The molecule has 0 saturated carbocycles. The Bertz CT molecular complexity index is 1220. The van der Waals surface area contributed by atoms with Gasteiger partial charge in [-0.25, -0.2) is 19.2 Å². The Morgan fingerprint density at radius 3 is 2.42 bits per heavy atom. The molecule has 214 valence electrons. The molecule has 4 rings (SSSR count). The number of carbonyl (C=O) groups excluding carboxylic acids is 3. The molecule has 2 atom stereocenters. The predicted molar refractivity (Wildman–Crippen MR) is 142 cm³/mol. The second-order valence-electron chi connectivity index (χ2n) is 10.00. The van der Waals surface area contributed by atoms with Gasteiger partial charge >= 0.3 is 12.0 Å². The average Bonchev–Trinajstić information content (AvgIpc) is 2.91. The number of carboxylic acid groups (broad SMARTS) is 1. The Labute approximate surface area is 232 Å². The van der Waals surface area contributed by atoms with Crippen LogP contribution in [0.5, 0.6) is 0 Å². The van der Waals surface area contributed by atoms with Crippen molar-refractivity contribution in [3.8, 4) is 0 Å². The zero-order valence-corrected chi connectivity index (χ0v) is 22.6. The van der Waals surface area contributed by atoms with Gasteiger partial charge in [0.1, 0.15) is 18.0 Å². The lowest BCUT2D eigenvalue weighted by Gasteiger charge is -2.54. The number of hydrazine groups is 1. The van der Waals surface area contributed by atoms with E-state index in [0.29, 0.717) is 12.2 Å². The summed E-state index contributed by atoms with van der Waals surface area (Å²) in [5, 5.41) is 14.9. The number of hydrogen-bond donors (Lipinski definition) is 2. The highest BCUT2D eigenvalue weighted by molar-refractivity contribution is 5.91. The molecule has 40 heavy (non-hydrogen) atoms. The number of carbonyl (C=O) groups is 4. The molecule has 2 aromatic carbocycles. The van der Waals surface area contributed by atoms with Crippen molar-refractivity contribution in [2.24, 2.45) is 0 Å². The van der Waals surface area contributed by atoms with Crippen molar-refractivity contribution in [2.45, 2.75) is 45.1 Å². The van der Waals surface area contributed by atoms with Gasteiger partial charge in [-0.1, -0.05) is 42.0 Å². The summed E-state index contributed by atoms with van der Waals surface area (Å²) in [5.41, 5.74) is 2.82. The van der Waals surface area contributed by atoms with Crippen molar-refractivity contribution >= 4 is 23.8 Å². The molecule has 0 bridgehead atoms. The first-order chi connectivity index (χ1) is 19.1. The quantitative estimate of drug-likeness (QED) is 0.430. The van der Waals surface area contributed by atoms with E-state index in [4.69, 9.17) is 4.74 Å². The van der Waals surface area contributed by atoms with Gasteiger partial charge in [0.05, 0.1) is 26.3 Å². The Hall–Kier alpha value is -4.03. The van der Waals surface area contributed by atoms with E-state index in [1.54, 1.807) is 19.2 Å². The number of nitrogens with zero attached hydrogens (tertiary/aromatic N) is 4. The van der Waals surface area contributed by atoms with Gasteiger partial charge in [-0.15, -0.1) is 0 Å². The SMILES string of the molecule is Cc1ccc(COCCN2C[C@H]3N(C(=O)CN(C)N3C(=O)NCc3ccc(F)cc3)[C@@H](CCC(=O)O)C2=O)cc1. The predicted octanol–water partition coefficient (Wildman–Crippen LogP) is 1.95. The van der Waals surface area contributed by atoms with Crippen molar-refractivity contribution < 1.29 is 33.4 Å². The van der Waals surface area contributed by atoms with E-state index < -0.39 is 24.2 Å². The molecule has 4 amide bonds. The summed E-state index contributed by atoms with van der Waals surface area (Å²) in [5.74, 6) is -2.21. The number of carboxylic acids is 1. The Balaban J connectivity index is 1.48. The second-order valence-corrected chi connectivity index (χ2v) is 10.00. The molecule has 2 heterocycles. The minimum Gasteiger partial charge on any atom is -0.481 e. The molecule has 0 aliphatic carbocycles. The van der Waals surface area contributed by atoms with Crippen LogP contribution in [0, 0.1) is 12.7 Å². The monoisotopic (exact) mass is 555 g/mol. The number of fused-ring (bicyclic) bond motifs is 1. The van der Waals surface area contributed by atoms with Crippen LogP contribution >= 0.6 is 0 Å². The molecule has 2 aromatic rings. The van der Waals surface area contributed by atoms with Gasteiger partial charge in [-0.3, -0.25) is 14.4 Å². The maximum Gasteiger partial charge on any atom is 0.334 e. The van der Waals surface area contributed by atoms with Gasteiger partial charge in [0, 0.05) is 26.6 Å². The third-order valence-corrected chi connectivity index (χ3v) is 7.03. The molecule has 2 N–H and O–H groups in total. The molecule has 0 aromatic heterocycles. The molecule has 2 aliphatic rings. The number of likely N-dealkylation sites (N-methyl/N-ethyl adjacent to an activating group) is 1. The lowest BCUT2D eigenvalue weighted by Crippen LogP contribution is -2.76. The van der Waals surface area contributed by atoms with Crippen molar-refractivity contribution in [2.75, 3.05) is 33.3 Å². The van der Waals surface area contributed by atoms with Crippen LogP contribution in [0.2, 0.25) is 0 Å². The molecule has 2 aliphatic heterocycles. The molecular formula is C28H34FN5O6. The van der Waals surface area contributed by atoms with E-state index in [1.165, 1.54) is 32.0 Å². The van der Waals surface area contributed by atoms with Gasteiger partial charge in [0.2, 0.25) is 11.8 Å². The van der Waals surface area contributed by atoms with E-state index in [0.717, 1.165) is 11.1 Å². The minimum atomic E-state index is -1.08. The van der Waals surface area contributed by atoms with Gasteiger partial charge in [-0.2, -0.15) is 0 Å². The smallest absolute Gasteiger partial charge is 0.334 e. The standard InChI is InChI=1S/C28H34FN5O6/c1-19-3-5-21(6-4-19)18-40-14-13-32-16-24-33(23(27(32)38)11-12-26(36)37)25(35)17-31(2)34(24)28(39)30-15-20-7-9-22(29)10-8-20/h3-10,23-24H,11-18H2,1-2H3,(H,30,39)(H,36,37)/t23-,24-/m0/s1. The number of rotatable bonds is 10. The first kappa shape index (κ1) is 29.0. The maximum atomic E-state index is 13.5. The van der Waals surface area contributed by atoms with Crippen molar-refractivity contribution in [3.63, 3.8) is 0 Å². The lowest BCUT2D eigenvalue weighted by atomic mass is 10.0. The molecule has 0 unspecified atom stereocenters. The summed E-state index contributed by atoms with van der Waals surface area (Å²) >= 11 is 0. The van der Waals surface area contributed by atoms with Gasteiger partial charge < -0.3 is 25.0 Å². The summed E-state index contributed by atoms with van der Waals surface area (Å²) < 4.78 is 19.1. The molecule has 2 saturated heterocycles. The topological polar surface area (TPSA) is 123 Å². The summed E-state index contributed by atoms with van der Waals surface area (Å²) in [7, 11) is 1.60. The fraction of sp³-hybridized carbons (Fsp3) is 0.429. The second kappa shape index (κ2) is 12.9. The number of aryl methyl sites for hydroxylation is 1. The molecule has 0 radical (unpaired) electrons. The molecule has 0 spiro atoms. The lowest BCUT2D eigenvalue weighted by molar-refractivity contribution is -0.188. The number of benzene rings is 2. The minimum absolute atomic E-state index is 0.0380. The van der Waals surface area contributed by atoms with E-state index >= 15 is 0 Å². The number of piperazine rings is 1. The van der Waals surface area contributed by atoms with Crippen LogP contribution in [0.25, 0.3) is 0 Å². The van der Waals surface area contributed by atoms with Gasteiger partial charge in [-0.05, 0) is 36.6 Å². The van der Waals surface area contributed by atoms with Crippen LogP contribution in [0.15, 0.2) is 48.5 Å². The largest absolute Gasteiger partial charge is 0.481 e. The number of aliphatic carboxylic acids is 1.